The van der Waals surface area contributed by atoms with Crippen molar-refractivity contribution >= 4 is 0 Å². The molecular weight excluding hydrogens is 476 g/mol. The maximum absolute atomic E-state index is 2.59. The van der Waals surface area contributed by atoms with E-state index in [9.17, 15) is 0 Å². The molecule has 0 N–H and O–H groups in total. The van der Waals surface area contributed by atoms with Gasteiger partial charge in [0.1, 0.15) is 0 Å². The minimum atomic E-state index is 0.403. The first-order chi connectivity index (χ1) is 18.1. The first kappa shape index (κ1) is 36.9. The van der Waals surface area contributed by atoms with Gasteiger partial charge in [-0.2, -0.15) is 0 Å². The standard InChI is InChI=1S/3C9H19N.C8H17N/c2*1-9(2,3)10-7-5-4-6-8-10;1-9(2)8-10-6-4-3-5-7-10;1-8(2,3)9-6-4-5-7-9/h2*4-8H2,1-3H3;9H,3-8H2,1-2H3;4-7H2,1-3H3. The Morgan fingerprint density at radius 1 is 0.385 bits per heavy atom. The molecule has 0 saturated carbocycles. The molecule has 4 saturated heterocycles. The molecular formula is C35H74N4. The van der Waals surface area contributed by atoms with Crippen LogP contribution in [0.15, 0.2) is 0 Å². The number of rotatable bonds is 2. The SMILES string of the molecule is CC(C)(C)N1CCCC1.CC(C)(C)N1CCCCC1.CC(C)(C)N1CCCCC1.CC(C)CN1CCCCC1. The average molecular weight is 551 g/mol. The first-order valence-electron chi connectivity index (χ1n) is 17.1. The van der Waals surface area contributed by atoms with Gasteiger partial charge in [-0.05, 0) is 172 Å². The van der Waals surface area contributed by atoms with E-state index in [4.69, 9.17) is 0 Å². The minimum Gasteiger partial charge on any atom is -0.303 e. The average Bonchev–Trinajstić information content (AvgIpc) is 3.42. The van der Waals surface area contributed by atoms with Gasteiger partial charge in [-0.1, -0.05) is 33.1 Å². The molecule has 0 bridgehead atoms. The highest BCUT2D eigenvalue weighted by Crippen LogP contribution is 2.21. The van der Waals surface area contributed by atoms with Gasteiger partial charge in [0, 0.05) is 23.2 Å². The van der Waals surface area contributed by atoms with Crippen molar-refractivity contribution < 1.29 is 0 Å². The summed E-state index contributed by atoms with van der Waals surface area (Å²) in [7, 11) is 0. The summed E-state index contributed by atoms with van der Waals surface area (Å²) in [5, 5.41) is 0. The van der Waals surface area contributed by atoms with Crippen LogP contribution < -0.4 is 0 Å². The number of hydrogen-bond donors (Lipinski definition) is 0. The normalized spacial score (nSPS) is 22.8. The smallest absolute Gasteiger partial charge is 0.0125 e. The molecule has 4 heterocycles. The lowest BCUT2D eigenvalue weighted by Crippen LogP contribution is -2.44. The Bertz CT molecular complexity index is 543. The fourth-order valence-electron chi connectivity index (χ4n) is 6.18. The molecule has 0 radical (unpaired) electrons. The molecule has 0 aromatic heterocycles. The predicted octanol–water partition coefficient (Wildman–Crippen LogP) is 8.55. The number of hydrogen-bond acceptors (Lipinski definition) is 4. The summed E-state index contributed by atoms with van der Waals surface area (Å²) in [4.78, 5) is 10.3. The zero-order valence-electron chi connectivity index (χ0n) is 29.0. The highest BCUT2D eigenvalue weighted by molar-refractivity contribution is 4.80. The largest absolute Gasteiger partial charge is 0.303 e. The van der Waals surface area contributed by atoms with Gasteiger partial charge in [0.2, 0.25) is 0 Å². The molecule has 0 aromatic carbocycles. The van der Waals surface area contributed by atoms with Crippen molar-refractivity contribution in [3.8, 4) is 0 Å². The lowest BCUT2D eigenvalue weighted by Gasteiger charge is -2.38. The summed E-state index contributed by atoms with van der Waals surface area (Å²) in [6.45, 7) is 37.1. The number of nitrogens with zero attached hydrogens (tertiary/aromatic N) is 4. The quantitative estimate of drug-likeness (QED) is 0.341. The Balaban J connectivity index is 0.000000260. The molecule has 4 heteroatoms. The summed E-state index contributed by atoms with van der Waals surface area (Å²) in [6, 6.07) is 0. The van der Waals surface area contributed by atoms with Crippen LogP contribution in [0.4, 0.5) is 0 Å². The Morgan fingerprint density at radius 2 is 0.615 bits per heavy atom. The molecule has 39 heavy (non-hydrogen) atoms. The third kappa shape index (κ3) is 17.4. The van der Waals surface area contributed by atoms with Crippen LogP contribution in [0.1, 0.15) is 147 Å². The van der Waals surface area contributed by atoms with Gasteiger partial charge in [0.05, 0.1) is 0 Å². The second-order valence-electron chi connectivity index (χ2n) is 16.1. The molecule has 0 amide bonds. The van der Waals surface area contributed by atoms with Crippen LogP contribution in [0.25, 0.3) is 0 Å². The molecule has 4 aliphatic heterocycles. The van der Waals surface area contributed by atoms with Crippen LogP contribution in [0, 0.1) is 5.92 Å². The molecule has 0 atom stereocenters. The topological polar surface area (TPSA) is 13.0 Å². The van der Waals surface area contributed by atoms with Gasteiger partial charge in [-0.15, -0.1) is 0 Å². The lowest BCUT2D eigenvalue weighted by atomic mass is 10.0. The molecule has 4 rings (SSSR count). The highest BCUT2D eigenvalue weighted by atomic mass is 15.2. The summed E-state index contributed by atoms with van der Waals surface area (Å²) in [5.41, 5.74) is 1.22. The Labute approximate surface area is 247 Å². The fourth-order valence-corrected chi connectivity index (χ4v) is 6.18. The van der Waals surface area contributed by atoms with Crippen molar-refractivity contribution in [3.05, 3.63) is 0 Å². The van der Waals surface area contributed by atoms with Crippen molar-refractivity contribution in [1.29, 1.82) is 0 Å². The summed E-state index contributed by atoms with van der Waals surface area (Å²) in [6.07, 6.45) is 15.6. The zero-order valence-corrected chi connectivity index (χ0v) is 29.0. The van der Waals surface area contributed by atoms with Gasteiger partial charge >= 0.3 is 0 Å². The Kier molecular flexibility index (Phi) is 17.4. The van der Waals surface area contributed by atoms with E-state index >= 15 is 0 Å². The van der Waals surface area contributed by atoms with E-state index in [0.717, 1.165) is 5.92 Å². The Morgan fingerprint density at radius 3 is 0.821 bits per heavy atom. The highest BCUT2D eigenvalue weighted by Gasteiger charge is 2.24. The van der Waals surface area contributed by atoms with E-state index in [-0.39, 0.29) is 0 Å². The van der Waals surface area contributed by atoms with E-state index in [2.05, 4.69) is 95.8 Å². The molecule has 234 valence electrons. The van der Waals surface area contributed by atoms with E-state index in [1.54, 1.807) is 0 Å². The second-order valence-corrected chi connectivity index (χ2v) is 16.1. The molecule has 0 spiro atoms. The number of piperidine rings is 3. The maximum Gasteiger partial charge on any atom is 0.0125 e. The van der Waals surface area contributed by atoms with Crippen LogP contribution in [0.2, 0.25) is 0 Å². The van der Waals surface area contributed by atoms with Crippen molar-refractivity contribution in [2.45, 2.75) is 163 Å². The van der Waals surface area contributed by atoms with Gasteiger partial charge in [0.15, 0.2) is 0 Å². The summed E-state index contributed by atoms with van der Waals surface area (Å²) >= 11 is 0. The second kappa shape index (κ2) is 18.4. The van der Waals surface area contributed by atoms with Crippen molar-refractivity contribution in [2.75, 3.05) is 58.9 Å². The molecule has 0 aliphatic carbocycles. The van der Waals surface area contributed by atoms with Gasteiger partial charge in [0.25, 0.3) is 0 Å². The fraction of sp³-hybridized carbons (Fsp3) is 1.00. The Hall–Kier alpha value is -0.160. The van der Waals surface area contributed by atoms with Crippen LogP contribution in [-0.4, -0.2) is 95.1 Å². The summed E-state index contributed by atoms with van der Waals surface area (Å²) in [5.74, 6) is 0.845. The van der Waals surface area contributed by atoms with Crippen molar-refractivity contribution in [2.24, 2.45) is 5.92 Å². The molecule has 4 fully saturated rings. The van der Waals surface area contributed by atoms with E-state index in [1.165, 1.54) is 130 Å². The molecule has 0 unspecified atom stereocenters. The van der Waals surface area contributed by atoms with Crippen LogP contribution in [0.5, 0.6) is 0 Å². The molecule has 4 nitrogen and oxygen atoms in total. The maximum atomic E-state index is 2.59. The van der Waals surface area contributed by atoms with Gasteiger partial charge < -0.3 is 4.90 Å². The van der Waals surface area contributed by atoms with Crippen LogP contribution in [0.3, 0.4) is 0 Å². The van der Waals surface area contributed by atoms with Crippen molar-refractivity contribution in [3.63, 3.8) is 0 Å². The van der Waals surface area contributed by atoms with E-state index in [1.807, 2.05) is 0 Å². The number of likely N-dealkylation sites (tertiary alicyclic amines) is 4. The van der Waals surface area contributed by atoms with Gasteiger partial charge in [-0.3, -0.25) is 14.7 Å². The summed E-state index contributed by atoms with van der Waals surface area (Å²) < 4.78 is 0. The third-order valence-corrected chi connectivity index (χ3v) is 8.74. The van der Waals surface area contributed by atoms with Gasteiger partial charge in [-0.25, -0.2) is 0 Å². The van der Waals surface area contributed by atoms with Crippen molar-refractivity contribution in [1.82, 2.24) is 19.6 Å². The third-order valence-electron chi connectivity index (χ3n) is 8.74. The predicted molar refractivity (Wildman–Crippen MR) is 176 cm³/mol. The lowest BCUT2D eigenvalue weighted by molar-refractivity contribution is 0.110. The minimum absolute atomic E-state index is 0.403. The molecule has 4 aliphatic rings. The first-order valence-corrected chi connectivity index (χ1v) is 17.1. The molecule has 0 aromatic rings. The van der Waals surface area contributed by atoms with E-state index < -0.39 is 0 Å². The van der Waals surface area contributed by atoms with E-state index in [0.29, 0.717) is 16.6 Å². The monoisotopic (exact) mass is 551 g/mol. The van der Waals surface area contributed by atoms with Crippen LogP contribution >= 0.6 is 0 Å². The zero-order chi connectivity index (χ0) is 29.5. The van der Waals surface area contributed by atoms with Crippen LogP contribution in [-0.2, 0) is 0 Å².